The maximum atomic E-state index is 14.2. The summed E-state index contributed by atoms with van der Waals surface area (Å²) < 4.78 is 5.35. The molecule has 2 aliphatic rings. The second-order valence-electron chi connectivity index (χ2n) is 9.87. The predicted octanol–water partition coefficient (Wildman–Crippen LogP) is 5.10. The number of fused-ring (bicyclic) bond motifs is 1. The van der Waals surface area contributed by atoms with Gasteiger partial charge in [-0.15, -0.1) is 0 Å². The number of likely N-dealkylation sites (tertiary alicyclic amines) is 1. The molecule has 2 amide bonds. The van der Waals surface area contributed by atoms with Gasteiger partial charge in [-0.3, -0.25) is 9.59 Å². The SMILES string of the molecule is COCCN1C(=O)c2ccccc2[C@H](C(=O)N2CCC(Cc3ccccc3)CC2)[C@@H]1c1ccccc1. The molecular weight excluding hydrogens is 448 g/mol. The average molecular weight is 483 g/mol. The second kappa shape index (κ2) is 11.1. The van der Waals surface area contributed by atoms with Crippen molar-refractivity contribution in [3.8, 4) is 0 Å². The van der Waals surface area contributed by atoms with E-state index >= 15 is 0 Å². The van der Waals surface area contributed by atoms with Crippen molar-refractivity contribution in [1.82, 2.24) is 9.80 Å². The molecule has 3 aromatic carbocycles. The molecule has 1 fully saturated rings. The highest BCUT2D eigenvalue weighted by Gasteiger charge is 2.45. The van der Waals surface area contributed by atoms with Crippen LogP contribution in [0.15, 0.2) is 84.9 Å². The van der Waals surface area contributed by atoms with E-state index in [9.17, 15) is 9.59 Å². The number of benzene rings is 3. The van der Waals surface area contributed by atoms with E-state index in [-0.39, 0.29) is 17.9 Å². The highest BCUT2D eigenvalue weighted by atomic mass is 16.5. The van der Waals surface area contributed by atoms with Crippen LogP contribution < -0.4 is 0 Å². The molecule has 0 N–H and O–H groups in total. The first-order valence-corrected chi connectivity index (χ1v) is 12.9. The van der Waals surface area contributed by atoms with Crippen molar-refractivity contribution < 1.29 is 14.3 Å². The molecule has 0 saturated carbocycles. The van der Waals surface area contributed by atoms with Crippen LogP contribution in [0.4, 0.5) is 0 Å². The number of carbonyl (C=O) groups excluding carboxylic acids is 2. The Labute approximate surface area is 213 Å². The van der Waals surface area contributed by atoms with Crippen molar-refractivity contribution in [2.75, 3.05) is 33.4 Å². The fraction of sp³-hybridized carbons (Fsp3) is 0.355. The van der Waals surface area contributed by atoms with Crippen molar-refractivity contribution in [2.24, 2.45) is 5.92 Å². The van der Waals surface area contributed by atoms with Gasteiger partial charge in [-0.05, 0) is 47.9 Å². The third kappa shape index (κ3) is 4.93. The summed E-state index contributed by atoms with van der Waals surface area (Å²) in [6.07, 6.45) is 3.05. The average Bonchev–Trinajstić information content (AvgIpc) is 2.93. The maximum absolute atomic E-state index is 14.2. The molecule has 0 aliphatic carbocycles. The number of methoxy groups -OCH3 is 1. The zero-order chi connectivity index (χ0) is 24.9. The molecule has 2 heterocycles. The number of nitrogens with zero attached hydrogens (tertiary/aromatic N) is 2. The summed E-state index contributed by atoms with van der Waals surface area (Å²) in [6, 6.07) is 27.9. The zero-order valence-corrected chi connectivity index (χ0v) is 20.9. The number of amides is 2. The molecule has 5 rings (SSSR count). The van der Waals surface area contributed by atoms with Crippen LogP contribution in [0.25, 0.3) is 0 Å². The summed E-state index contributed by atoms with van der Waals surface area (Å²) in [6.45, 7) is 2.36. The van der Waals surface area contributed by atoms with E-state index in [0.717, 1.165) is 43.5 Å². The Hall–Kier alpha value is -3.44. The number of hydrogen-bond acceptors (Lipinski definition) is 3. The van der Waals surface area contributed by atoms with Crippen molar-refractivity contribution in [3.63, 3.8) is 0 Å². The summed E-state index contributed by atoms with van der Waals surface area (Å²) in [5, 5.41) is 0. The Bertz CT molecular complexity index is 1170. The number of rotatable bonds is 7. The van der Waals surface area contributed by atoms with Crippen LogP contribution in [0, 0.1) is 5.92 Å². The van der Waals surface area contributed by atoms with E-state index in [1.165, 1.54) is 5.56 Å². The van der Waals surface area contributed by atoms with Crippen LogP contribution in [0.1, 0.15) is 51.8 Å². The van der Waals surface area contributed by atoms with Crippen LogP contribution >= 0.6 is 0 Å². The third-order valence-electron chi connectivity index (χ3n) is 7.68. The highest BCUT2D eigenvalue weighted by Crippen LogP contribution is 2.44. The van der Waals surface area contributed by atoms with Crippen molar-refractivity contribution in [3.05, 3.63) is 107 Å². The Morgan fingerprint density at radius 3 is 2.22 bits per heavy atom. The monoisotopic (exact) mass is 482 g/mol. The minimum absolute atomic E-state index is 0.0397. The lowest BCUT2D eigenvalue weighted by atomic mass is 9.78. The number of hydrogen-bond donors (Lipinski definition) is 0. The van der Waals surface area contributed by atoms with Crippen molar-refractivity contribution in [1.29, 1.82) is 0 Å². The summed E-state index contributed by atoms with van der Waals surface area (Å²) >= 11 is 0. The largest absolute Gasteiger partial charge is 0.383 e. The molecule has 1 saturated heterocycles. The Morgan fingerprint density at radius 2 is 1.53 bits per heavy atom. The lowest BCUT2D eigenvalue weighted by molar-refractivity contribution is -0.136. The maximum Gasteiger partial charge on any atom is 0.254 e. The molecule has 186 valence electrons. The topological polar surface area (TPSA) is 49.9 Å². The van der Waals surface area contributed by atoms with Gasteiger partial charge in [-0.25, -0.2) is 0 Å². The molecule has 0 aromatic heterocycles. The summed E-state index contributed by atoms with van der Waals surface area (Å²) in [5.74, 6) is 0.218. The van der Waals surface area contributed by atoms with Gasteiger partial charge in [0.1, 0.15) is 0 Å². The second-order valence-corrected chi connectivity index (χ2v) is 9.87. The van der Waals surface area contributed by atoms with Crippen molar-refractivity contribution in [2.45, 2.75) is 31.2 Å². The van der Waals surface area contributed by atoms with E-state index in [1.54, 1.807) is 7.11 Å². The summed E-state index contributed by atoms with van der Waals surface area (Å²) in [7, 11) is 1.64. The van der Waals surface area contributed by atoms with Crippen LogP contribution in [0.5, 0.6) is 0 Å². The minimum Gasteiger partial charge on any atom is -0.383 e. The van der Waals surface area contributed by atoms with Crippen LogP contribution in [0.3, 0.4) is 0 Å². The molecule has 0 unspecified atom stereocenters. The molecule has 3 aromatic rings. The zero-order valence-electron chi connectivity index (χ0n) is 20.9. The van der Waals surface area contributed by atoms with Gasteiger partial charge in [0, 0.05) is 32.3 Å². The van der Waals surface area contributed by atoms with Gasteiger partial charge in [0.05, 0.1) is 18.6 Å². The Morgan fingerprint density at radius 1 is 0.889 bits per heavy atom. The fourth-order valence-electron chi connectivity index (χ4n) is 5.82. The molecule has 2 atom stereocenters. The fourth-order valence-corrected chi connectivity index (χ4v) is 5.82. The first-order valence-electron chi connectivity index (χ1n) is 12.9. The van der Waals surface area contributed by atoms with E-state index < -0.39 is 5.92 Å². The predicted molar refractivity (Wildman–Crippen MR) is 141 cm³/mol. The summed E-state index contributed by atoms with van der Waals surface area (Å²) in [4.78, 5) is 31.7. The lowest BCUT2D eigenvalue weighted by Crippen LogP contribution is -2.50. The molecule has 5 nitrogen and oxygen atoms in total. The van der Waals surface area contributed by atoms with Gasteiger partial charge in [0.2, 0.25) is 5.91 Å². The van der Waals surface area contributed by atoms with Crippen LogP contribution in [-0.2, 0) is 16.0 Å². The lowest BCUT2D eigenvalue weighted by Gasteiger charge is -2.44. The number of carbonyl (C=O) groups is 2. The van der Waals surface area contributed by atoms with Crippen LogP contribution in [-0.4, -0.2) is 55.0 Å². The first kappa shape index (κ1) is 24.3. The molecule has 0 bridgehead atoms. The minimum atomic E-state index is -0.441. The van der Waals surface area contributed by atoms with Crippen LogP contribution in [0.2, 0.25) is 0 Å². The number of ether oxygens (including phenoxy) is 1. The number of piperidine rings is 1. The van der Waals surface area contributed by atoms with E-state index in [0.29, 0.717) is 24.6 Å². The van der Waals surface area contributed by atoms with Gasteiger partial charge in [0.15, 0.2) is 0 Å². The molecule has 0 radical (unpaired) electrons. The molecule has 36 heavy (non-hydrogen) atoms. The molecular formula is C31H34N2O3. The quantitative estimate of drug-likeness (QED) is 0.471. The van der Waals surface area contributed by atoms with E-state index in [4.69, 9.17) is 4.74 Å². The third-order valence-corrected chi connectivity index (χ3v) is 7.68. The standard InChI is InChI=1S/C31H34N2O3/c1-36-21-20-33-29(25-12-6-3-7-13-25)28(26-14-8-9-15-27(26)30(33)34)31(35)32-18-16-24(17-19-32)22-23-10-4-2-5-11-23/h2-15,24,28-29H,16-22H2,1H3/t28-,29-/m0/s1. The van der Waals surface area contributed by atoms with E-state index in [1.807, 2.05) is 64.4 Å². The van der Waals surface area contributed by atoms with Gasteiger partial charge in [-0.1, -0.05) is 78.9 Å². The normalized spacial score (nSPS) is 20.3. The molecule has 5 heteroatoms. The Balaban J connectivity index is 1.43. The van der Waals surface area contributed by atoms with Gasteiger partial charge in [-0.2, -0.15) is 0 Å². The molecule has 0 spiro atoms. The highest BCUT2D eigenvalue weighted by molar-refractivity contribution is 6.01. The summed E-state index contributed by atoms with van der Waals surface area (Å²) in [5.41, 5.74) is 3.80. The van der Waals surface area contributed by atoms with Crippen molar-refractivity contribution >= 4 is 11.8 Å². The first-order chi connectivity index (χ1) is 17.7. The Kier molecular flexibility index (Phi) is 7.47. The smallest absolute Gasteiger partial charge is 0.254 e. The van der Waals surface area contributed by atoms with E-state index in [2.05, 4.69) is 30.3 Å². The van der Waals surface area contributed by atoms with Gasteiger partial charge < -0.3 is 14.5 Å². The van der Waals surface area contributed by atoms with Gasteiger partial charge in [0.25, 0.3) is 5.91 Å². The van der Waals surface area contributed by atoms with Gasteiger partial charge >= 0.3 is 0 Å². The molecule has 2 aliphatic heterocycles.